The van der Waals surface area contributed by atoms with Crippen molar-refractivity contribution >= 4 is 17.8 Å². The van der Waals surface area contributed by atoms with Crippen LogP contribution in [0.4, 0.5) is 10.6 Å². The molecule has 22 heavy (non-hydrogen) atoms. The number of rotatable bonds is 4. The van der Waals surface area contributed by atoms with Crippen molar-refractivity contribution in [1.29, 1.82) is 0 Å². The fourth-order valence-corrected chi connectivity index (χ4v) is 2.31. The summed E-state index contributed by atoms with van der Waals surface area (Å²) in [6.07, 6.45) is 1.64. The maximum Gasteiger partial charge on any atom is 0.323 e. The molecular weight excluding hydrogens is 282 g/mol. The van der Waals surface area contributed by atoms with Crippen molar-refractivity contribution in [2.24, 2.45) is 0 Å². The quantitative estimate of drug-likeness (QED) is 0.861. The molecule has 3 amide bonds. The number of anilines is 1. The minimum absolute atomic E-state index is 0.0291. The van der Waals surface area contributed by atoms with Gasteiger partial charge in [-0.15, -0.1) is 0 Å². The second-order valence-corrected chi connectivity index (χ2v) is 5.63. The number of nitrogens with zero attached hydrogens (tertiary/aromatic N) is 3. The molecule has 2 rings (SSSR count). The van der Waals surface area contributed by atoms with Crippen molar-refractivity contribution in [3.05, 3.63) is 24.4 Å². The third-order valence-corrected chi connectivity index (χ3v) is 3.38. The van der Waals surface area contributed by atoms with Gasteiger partial charge in [-0.05, 0) is 26.0 Å². The Hall–Kier alpha value is -2.15. The van der Waals surface area contributed by atoms with Crippen LogP contribution in [0.3, 0.4) is 0 Å². The Kier molecular flexibility index (Phi) is 5.71. The normalized spacial score (nSPS) is 15.7. The van der Waals surface area contributed by atoms with Gasteiger partial charge in [-0.1, -0.05) is 6.07 Å². The largest absolute Gasteiger partial charge is 0.353 e. The predicted octanol–water partition coefficient (Wildman–Crippen LogP) is 0.756. The second-order valence-electron chi connectivity index (χ2n) is 5.63. The van der Waals surface area contributed by atoms with Gasteiger partial charge in [-0.3, -0.25) is 15.0 Å². The second kappa shape index (κ2) is 7.74. The Balaban J connectivity index is 1.75. The maximum absolute atomic E-state index is 12.1. The van der Waals surface area contributed by atoms with E-state index in [0.29, 0.717) is 38.5 Å². The van der Waals surface area contributed by atoms with Gasteiger partial charge in [0.25, 0.3) is 0 Å². The molecule has 1 aliphatic heterocycles. The SMILES string of the molecule is CC(C)NC(=O)CN1CCN(C(=O)Nc2ccccn2)CC1. The van der Waals surface area contributed by atoms with Crippen LogP contribution in [0.25, 0.3) is 0 Å². The van der Waals surface area contributed by atoms with E-state index in [-0.39, 0.29) is 18.0 Å². The molecule has 0 saturated carbocycles. The summed E-state index contributed by atoms with van der Waals surface area (Å²) in [6, 6.07) is 5.39. The van der Waals surface area contributed by atoms with Crippen molar-refractivity contribution in [2.75, 3.05) is 38.0 Å². The number of urea groups is 1. The summed E-state index contributed by atoms with van der Waals surface area (Å²) in [5.41, 5.74) is 0. The highest BCUT2D eigenvalue weighted by atomic mass is 16.2. The smallest absolute Gasteiger partial charge is 0.323 e. The third kappa shape index (κ3) is 5.00. The third-order valence-electron chi connectivity index (χ3n) is 3.38. The average molecular weight is 305 g/mol. The van der Waals surface area contributed by atoms with Gasteiger partial charge in [0.15, 0.2) is 0 Å². The highest BCUT2D eigenvalue weighted by Gasteiger charge is 2.22. The van der Waals surface area contributed by atoms with Crippen molar-refractivity contribution in [3.63, 3.8) is 0 Å². The number of carbonyl (C=O) groups excluding carboxylic acids is 2. The van der Waals surface area contributed by atoms with Crippen molar-refractivity contribution in [2.45, 2.75) is 19.9 Å². The zero-order valence-electron chi connectivity index (χ0n) is 13.1. The van der Waals surface area contributed by atoms with E-state index in [4.69, 9.17) is 0 Å². The van der Waals surface area contributed by atoms with E-state index in [1.165, 1.54) is 0 Å². The number of hydrogen-bond acceptors (Lipinski definition) is 4. The lowest BCUT2D eigenvalue weighted by molar-refractivity contribution is -0.123. The van der Waals surface area contributed by atoms with E-state index in [1.807, 2.05) is 19.9 Å². The van der Waals surface area contributed by atoms with Crippen LogP contribution >= 0.6 is 0 Å². The van der Waals surface area contributed by atoms with Crippen LogP contribution in [0.1, 0.15) is 13.8 Å². The van der Waals surface area contributed by atoms with Gasteiger partial charge in [0.05, 0.1) is 6.54 Å². The lowest BCUT2D eigenvalue weighted by Crippen LogP contribution is -2.52. The summed E-state index contributed by atoms with van der Waals surface area (Å²) in [4.78, 5) is 31.7. The van der Waals surface area contributed by atoms with E-state index in [1.54, 1.807) is 23.2 Å². The molecule has 1 aromatic heterocycles. The molecule has 0 bridgehead atoms. The van der Waals surface area contributed by atoms with Crippen LogP contribution in [-0.4, -0.2) is 65.5 Å². The summed E-state index contributed by atoms with van der Waals surface area (Å²) in [5, 5.41) is 5.65. The van der Waals surface area contributed by atoms with Gasteiger partial charge in [0.2, 0.25) is 5.91 Å². The highest BCUT2D eigenvalue weighted by Crippen LogP contribution is 2.06. The molecule has 0 aliphatic carbocycles. The molecule has 2 N–H and O–H groups in total. The zero-order valence-corrected chi connectivity index (χ0v) is 13.1. The Morgan fingerprint density at radius 1 is 1.23 bits per heavy atom. The Morgan fingerprint density at radius 3 is 2.55 bits per heavy atom. The van der Waals surface area contributed by atoms with E-state index >= 15 is 0 Å². The average Bonchev–Trinajstić information content (AvgIpc) is 2.48. The topological polar surface area (TPSA) is 77.6 Å². The molecule has 1 saturated heterocycles. The van der Waals surface area contributed by atoms with Crippen LogP contribution < -0.4 is 10.6 Å². The minimum atomic E-state index is -0.148. The fraction of sp³-hybridized carbons (Fsp3) is 0.533. The summed E-state index contributed by atoms with van der Waals surface area (Å²) < 4.78 is 0. The van der Waals surface area contributed by atoms with Crippen LogP contribution in [0, 0.1) is 0 Å². The summed E-state index contributed by atoms with van der Waals surface area (Å²) in [6.45, 7) is 6.87. The monoisotopic (exact) mass is 305 g/mol. The standard InChI is InChI=1S/C15H23N5O2/c1-12(2)17-14(21)11-19-7-9-20(10-8-19)15(22)18-13-5-3-4-6-16-13/h3-6,12H,7-11H2,1-2H3,(H,17,21)(H,16,18,22). The van der Waals surface area contributed by atoms with E-state index in [0.717, 1.165) is 0 Å². The number of hydrogen-bond donors (Lipinski definition) is 2. The van der Waals surface area contributed by atoms with Crippen LogP contribution in [-0.2, 0) is 4.79 Å². The summed E-state index contributed by atoms with van der Waals surface area (Å²) in [7, 11) is 0. The molecule has 0 spiro atoms. The Morgan fingerprint density at radius 2 is 1.95 bits per heavy atom. The van der Waals surface area contributed by atoms with Gasteiger partial charge in [-0.25, -0.2) is 9.78 Å². The zero-order chi connectivity index (χ0) is 15.9. The van der Waals surface area contributed by atoms with E-state index < -0.39 is 0 Å². The first-order valence-electron chi connectivity index (χ1n) is 7.53. The summed E-state index contributed by atoms with van der Waals surface area (Å²) in [5.74, 6) is 0.577. The lowest BCUT2D eigenvalue weighted by atomic mass is 10.3. The number of amides is 3. The van der Waals surface area contributed by atoms with Crippen LogP contribution in [0.15, 0.2) is 24.4 Å². The first-order valence-corrected chi connectivity index (χ1v) is 7.53. The minimum Gasteiger partial charge on any atom is -0.353 e. The van der Waals surface area contributed by atoms with Crippen molar-refractivity contribution < 1.29 is 9.59 Å². The molecule has 1 aliphatic rings. The number of pyridine rings is 1. The van der Waals surface area contributed by atoms with Gasteiger partial charge in [0.1, 0.15) is 5.82 Å². The predicted molar refractivity (Wildman–Crippen MR) is 84.5 cm³/mol. The van der Waals surface area contributed by atoms with Crippen molar-refractivity contribution in [3.8, 4) is 0 Å². The number of nitrogens with one attached hydrogen (secondary N) is 2. The van der Waals surface area contributed by atoms with Gasteiger partial charge in [-0.2, -0.15) is 0 Å². The molecule has 7 nitrogen and oxygen atoms in total. The van der Waals surface area contributed by atoms with Gasteiger partial charge < -0.3 is 10.2 Å². The van der Waals surface area contributed by atoms with Crippen LogP contribution in [0.5, 0.6) is 0 Å². The maximum atomic E-state index is 12.1. The molecule has 0 atom stereocenters. The van der Waals surface area contributed by atoms with Crippen molar-refractivity contribution in [1.82, 2.24) is 20.1 Å². The highest BCUT2D eigenvalue weighted by molar-refractivity contribution is 5.88. The van der Waals surface area contributed by atoms with E-state index in [9.17, 15) is 9.59 Å². The number of carbonyl (C=O) groups is 2. The molecule has 120 valence electrons. The number of piperazine rings is 1. The molecule has 1 fully saturated rings. The molecular formula is C15H23N5O2. The molecule has 1 aromatic rings. The fourth-order valence-electron chi connectivity index (χ4n) is 2.31. The first-order chi connectivity index (χ1) is 10.5. The summed E-state index contributed by atoms with van der Waals surface area (Å²) >= 11 is 0. The van der Waals surface area contributed by atoms with Gasteiger partial charge in [0, 0.05) is 38.4 Å². The van der Waals surface area contributed by atoms with Crippen LogP contribution in [0.2, 0.25) is 0 Å². The first kappa shape index (κ1) is 16.2. The van der Waals surface area contributed by atoms with E-state index in [2.05, 4.69) is 20.5 Å². The molecule has 0 unspecified atom stereocenters. The molecule has 0 radical (unpaired) electrons. The Labute approximate surface area is 130 Å². The molecule has 2 heterocycles. The Bertz CT molecular complexity index is 498. The lowest BCUT2D eigenvalue weighted by Gasteiger charge is -2.34. The molecule has 0 aromatic carbocycles. The van der Waals surface area contributed by atoms with Gasteiger partial charge >= 0.3 is 6.03 Å². The molecule has 7 heteroatoms. The number of aromatic nitrogens is 1.